The molecule has 3 nitrogen and oxygen atoms in total. The van der Waals surface area contributed by atoms with Gasteiger partial charge in [0.15, 0.2) is 0 Å². The fraction of sp³-hybridized carbons (Fsp3) is 0.800. The maximum Gasteiger partial charge on any atom is 0.0767 e. The summed E-state index contributed by atoms with van der Waals surface area (Å²) >= 11 is 0. The summed E-state index contributed by atoms with van der Waals surface area (Å²) in [5.41, 5.74) is 2.77. The maximum absolute atomic E-state index is 5.62. The Morgan fingerprint density at radius 2 is 2.15 bits per heavy atom. The third kappa shape index (κ3) is 4.41. The number of nitrogens with one attached hydrogen (secondary N) is 1. The molecule has 0 saturated heterocycles. The standard InChI is InChI=1S/C10H22N2O/c1-5-7-9(12-11)10(8(3)4)13-6-2/h5,8-10,12H,1,6-7,11H2,2-4H3. The van der Waals surface area contributed by atoms with Crippen molar-refractivity contribution in [3.8, 4) is 0 Å². The first-order chi connectivity index (χ1) is 6.17. The van der Waals surface area contributed by atoms with Gasteiger partial charge in [-0.25, -0.2) is 0 Å². The predicted molar refractivity (Wildman–Crippen MR) is 56.2 cm³/mol. The van der Waals surface area contributed by atoms with E-state index < -0.39 is 0 Å². The van der Waals surface area contributed by atoms with Gasteiger partial charge in [0, 0.05) is 6.61 Å². The normalized spacial score (nSPS) is 15.8. The van der Waals surface area contributed by atoms with Crippen molar-refractivity contribution in [2.75, 3.05) is 6.61 Å². The first kappa shape index (κ1) is 12.6. The van der Waals surface area contributed by atoms with Crippen LogP contribution in [0, 0.1) is 5.92 Å². The molecule has 2 atom stereocenters. The third-order valence-corrected chi connectivity index (χ3v) is 2.05. The Morgan fingerprint density at radius 1 is 1.54 bits per heavy atom. The number of hydrazine groups is 1. The molecule has 0 heterocycles. The van der Waals surface area contributed by atoms with E-state index in [0.717, 1.165) is 13.0 Å². The molecule has 0 aliphatic carbocycles. The van der Waals surface area contributed by atoms with E-state index in [1.807, 2.05) is 13.0 Å². The molecule has 0 bridgehead atoms. The Balaban J connectivity index is 4.19. The zero-order valence-electron chi connectivity index (χ0n) is 8.92. The summed E-state index contributed by atoms with van der Waals surface area (Å²) < 4.78 is 5.62. The number of rotatable bonds is 7. The summed E-state index contributed by atoms with van der Waals surface area (Å²) in [5.74, 6) is 5.91. The molecule has 0 aromatic heterocycles. The van der Waals surface area contributed by atoms with Gasteiger partial charge in [-0.3, -0.25) is 11.3 Å². The van der Waals surface area contributed by atoms with E-state index in [9.17, 15) is 0 Å². The van der Waals surface area contributed by atoms with Crippen LogP contribution in [0.4, 0.5) is 0 Å². The average molecular weight is 186 g/mol. The lowest BCUT2D eigenvalue weighted by Crippen LogP contribution is -2.47. The van der Waals surface area contributed by atoms with Crippen LogP contribution in [0.3, 0.4) is 0 Å². The lowest BCUT2D eigenvalue weighted by atomic mass is 9.97. The number of hydrogen-bond donors (Lipinski definition) is 2. The summed E-state index contributed by atoms with van der Waals surface area (Å²) in [6.45, 7) is 10.7. The topological polar surface area (TPSA) is 47.3 Å². The lowest BCUT2D eigenvalue weighted by Gasteiger charge is -2.28. The van der Waals surface area contributed by atoms with Gasteiger partial charge in [0.05, 0.1) is 12.1 Å². The van der Waals surface area contributed by atoms with Gasteiger partial charge < -0.3 is 4.74 Å². The molecule has 78 valence electrons. The molecule has 3 heteroatoms. The van der Waals surface area contributed by atoms with Crippen molar-refractivity contribution in [2.24, 2.45) is 11.8 Å². The van der Waals surface area contributed by atoms with Crippen LogP contribution < -0.4 is 11.3 Å². The van der Waals surface area contributed by atoms with E-state index in [1.54, 1.807) is 0 Å². The van der Waals surface area contributed by atoms with Crippen molar-refractivity contribution >= 4 is 0 Å². The fourth-order valence-electron chi connectivity index (χ4n) is 1.44. The highest BCUT2D eigenvalue weighted by Gasteiger charge is 2.22. The lowest BCUT2D eigenvalue weighted by molar-refractivity contribution is 0.00420. The summed E-state index contributed by atoms with van der Waals surface area (Å²) in [4.78, 5) is 0. The molecule has 0 saturated carbocycles. The predicted octanol–water partition coefficient (Wildman–Crippen LogP) is 1.46. The average Bonchev–Trinajstić information content (AvgIpc) is 2.10. The minimum absolute atomic E-state index is 0.160. The summed E-state index contributed by atoms with van der Waals surface area (Å²) in [6, 6.07) is 0.164. The van der Waals surface area contributed by atoms with Gasteiger partial charge in [0.25, 0.3) is 0 Å². The van der Waals surface area contributed by atoms with E-state index in [4.69, 9.17) is 10.6 Å². The van der Waals surface area contributed by atoms with Crippen molar-refractivity contribution in [1.29, 1.82) is 0 Å². The SMILES string of the molecule is C=CCC(NN)C(OCC)C(C)C. The molecule has 0 amide bonds. The second kappa shape index (κ2) is 7.06. The van der Waals surface area contributed by atoms with Crippen LogP contribution in [0.25, 0.3) is 0 Å². The molecule has 0 aromatic carbocycles. The molecular weight excluding hydrogens is 164 g/mol. The molecule has 0 fully saturated rings. The summed E-state index contributed by atoms with van der Waals surface area (Å²) in [7, 11) is 0. The molecule has 0 aliphatic heterocycles. The Morgan fingerprint density at radius 3 is 2.46 bits per heavy atom. The van der Waals surface area contributed by atoms with Crippen LogP contribution in [0.15, 0.2) is 12.7 Å². The van der Waals surface area contributed by atoms with Crippen molar-refractivity contribution in [3.63, 3.8) is 0 Å². The smallest absolute Gasteiger partial charge is 0.0767 e. The number of nitrogens with two attached hydrogens (primary N) is 1. The van der Waals surface area contributed by atoms with Gasteiger partial charge in [-0.05, 0) is 19.3 Å². The van der Waals surface area contributed by atoms with E-state index in [0.29, 0.717) is 5.92 Å². The van der Waals surface area contributed by atoms with Crippen LogP contribution in [-0.4, -0.2) is 18.8 Å². The van der Waals surface area contributed by atoms with Gasteiger partial charge in [0.2, 0.25) is 0 Å². The van der Waals surface area contributed by atoms with E-state index in [2.05, 4.69) is 25.9 Å². The van der Waals surface area contributed by atoms with Crippen LogP contribution in [0.1, 0.15) is 27.2 Å². The second-order valence-electron chi connectivity index (χ2n) is 3.46. The van der Waals surface area contributed by atoms with Crippen LogP contribution in [-0.2, 0) is 4.74 Å². The minimum Gasteiger partial charge on any atom is -0.377 e. The molecular formula is C10H22N2O. The molecule has 2 unspecified atom stereocenters. The molecule has 0 aromatic rings. The Kier molecular flexibility index (Phi) is 6.86. The van der Waals surface area contributed by atoms with E-state index >= 15 is 0 Å². The summed E-state index contributed by atoms with van der Waals surface area (Å²) in [5, 5.41) is 0. The van der Waals surface area contributed by atoms with Gasteiger partial charge >= 0.3 is 0 Å². The van der Waals surface area contributed by atoms with Gasteiger partial charge in [-0.15, -0.1) is 6.58 Å². The van der Waals surface area contributed by atoms with Crippen molar-refractivity contribution in [3.05, 3.63) is 12.7 Å². The Labute approximate surface area is 81.3 Å². The number of ether oxygens (including phenoxy) is 1. The van der Waals surface area contributed by atoms with Crippen LogP contribution in [0.5, 0.6) is 0 Å². The van der Waals surface area contributed by atoms with Crippen molar-refractivity contribution in [1.82, 2.24) is 5.43 Å². The van der Waals surface area contributed by atoms with Crippen molar-refractivity contribution < 1.29 is 4.74 Å². The number of hydrogen-bond acceptors (Lipinski definition) is 3. The fourth-order valence-corrected chi connectivity index (χ4v) is 1.44. The molecule has 0 rings (SSSR count). The van der Waals surface area contributed by atoms with Gasteiger partial charge in [-0.2, -0.15) is 0 Å². The first-order valence-corrected chi connectivity index (χ1v) is 4.85. The Bertz CT molecular complexity index is 137. The van der Waals surface area contributed by atoms with Crippen LogP contribution >= 0.6 is 0 Å². The zero-order valence-corrected chi connectivity index (χ0v) is 8.92. The summed E-state index contributed by atoms with van der Waals surface area (Å²) in [6.07, 6.45) is 2.85. The third-order valence-electron chi connectivity index (χ3n) is 2.05. The monoisotopic (exact) mass is 186 g/mol. The van der Waals surface area contributed by atoms with E-state index in [-0.39, 0.29) is 12.1 Å². The molecule has 3 N–H and O–H groups in total. The molecule has 13 heavy (non-hydrogen) atoms. The zero-order chi connectivity index (χ0) is 10.3. The molecule has 0 radical (unpaired) electrons. The highest BCUT2D eigenvalue weighted by molar-refractivity contribution is 4.84. The van der Waals surface area contributed by atoms with Gasteiger partial charge in [0.1, 0.15) is 0 Å². The minimum atomic E-state index is 0.160. The second-order valence-corrected chi connectivity index (χ2v) is 3.46. The highest BCUT2D eigenvalue weighted by atomic mass is 16.5. The maximum atomic E-state index is 5.62. The van der Waals surface area contributed by atoms with Gasteiger partial charge in [-0.1, -0.05) is 19.9 Å². The van der Waals surface area contributed by atoms with Crippen LogP contribution in [0.2, 0.25) is 0 Å². The Hall–Kier alpha value is -0.380. The van der Waals surface area contributed by atoms with E-state index in [1.165, 1.54) is 0 Å². The van der Waals surface area contributed by atoms with Crippen molar-refractivity contribution in [2.45, 2.75) is 39.3 Å². The highest BCUT2D eigenvalue weighted by Crippen LogP contribution is 2.13. The first-order valence-electron chi connectivity index (χ1n) is 4.85. The molecule has 0 spiro atoms. The largest absolute Gasteiger partial charge is 0.377 e. The molecule has 0 aliphatic rings. The quantitative estimate of drug-likeness (QED) is 0.359.